The number of pyridine rings is 1. The highest BCUT2D eigenvalue weighted by atomic mass is 79.9. The van der Waals surface area contributed by atoms with Crippen LogP contribution < -0.4 is 11.1 Å². The third-order valence-corrected chi connectivity index (χ3v) is 3.00. The van der Waals surface area contributed by atoms with Crippen LogP contribution in [0.1, 0.15) is 24.4 Å². The summed E-state index contributed by atoms with van der Waals surface area (Å²) in [5, 5.41) is 3.43. The molecule has 1 fully saturated rings. The lowest BCUT2D eigenvalue weighted by Gasteiger charge is -2.12. The van der Waals surface area contributed by atoms with E-state index in [9.17, 15) is 0 Å². The van der Waals surface area contributed by atoms with Gasteiger partial charge in [-0.25, -0.2) is 4.98 Å². The maximum Gasteiger partial charge on any atom is 0.123 e. The van der Waals surface area contributed by atoms with E-state index in [2.05, 4.69) is 26.2 Å². The molecule has 1 aliphatic heterocycles. The molecule has 70 valence electrons. The number of nitrogens with two attached hydrogens (primary N) is 1. The van der Waals surface area contributed by atoms with E-state index in [1.807, 2.05) is 6.07 Å². The third kappa shape index (κ3) is 1.84. The number of hydrogen-bond acceptors (Lipinski definition) is 3. The molecule has 0 saturated carbocycles. The second-order valence-corrected chi connectivity index (χ2v) is 4.13. The first kappa shape index (κ1) is 8.97. The number of hydrogen-bond donors (Lipinski definition) is 2. The molecule has 2 rings (SSSR count). The number of nitrogens with one attached hydrogen (secondary N) is 1. The molecule has 4 heteroatoms. The Morgan fingerprint density at radius 1 is 1.62 bits per heavy atom. The molecule has 1 saturated heterocycles. The first-order valence-electron chi connectivity index (χ1n) is 4.41. The molecule has 1 unspecified atom stereocenters. The minimum Gasteiger partial charge on any atom is -0.384 e. The zero-order valence-electron chi connectivity index (χ0n) is 7.26. The second-order valence-electron chi connectivity index (χ2n) is 3.28. The van der Waals surface area contributed by atoms with Crippen molar-refractivity contribution in [2.24, 2.45) is 0 Å². The lowest BCUT2D eigenvalue weighted by Crippen LogP contribution is -2.13. The highest BCUT2D eigenvalue weighted by Crippen LogP contribution is 2.29. The van der Waals surface area contributed by atoms with Crippen molar-refractivity contribution < 1.29 is 0 Å². The molecule has 0 radical (unpaired) electrons. The van der Waals surface area contributed by atoms with E-state index in [0.29, 0.717) is 11.9 Å². The SMILES string of the molecule is Nc1cc(C2CCCN2)c(Br)cn1. The lowest BCUT2D eigenvalue weighted by atomic mass is 10.1. The van der Waals surface area contributed by atoms with E-state index in [0.717, 1.165) is 11.0 Å². The van der Waals surface area contributed by atoms with Crippen LogP contribution in [0.2, 0.25) is 0 Å². The normalized spacial score (nSPS) is 22.1. The van der Waals surface area contributed by atoms with Gasteiger partial charge in [0.1, 0.15) is 5.82 Å². The van der Waals surface area contributed by atoms with Crippen molar-refractivity contribution in [2.45, 2.75) is 18.9 Å². The summed E-state index contributed by atoms with van der Waals surface area (Å²) in [6, 6.07) is 2.38. The summed E-state index contributed by atoms with van der Waals surface area (Å²) >= 11 is 3.48. The Morgan fingerprint density at radius 3 is 3.15 bits per heavy atom. The average Bonchev–Trinajstić information content (AvgIpc) is 2.61. The molecule has 0 bridgehead atoms. The number of halogens is 1. The van der Waals surface area contributed by atoms with E-state index in [4.69, 9.17) is 5.73 Å². The van der Waals surface area contributed by atoms with Crippen LogP contribution in [0.4, 0.5) is 5.82 Å². The van der Waals surface area contributed by atoms with E-state index >= 15 is 0 Å². The Kier molecular flexibility index (Phi) is 2.51. The van der Waals surface area contributed by atoms with Crippen LogP contribution in [-0.4, -0.2) is 11.5 Å². The topological polar surface area (TPSA) is 50.9 Å². The predicted octanol–water partition coefficient (Wildman–Crippen LogP) is 1.85. The van der Waals surface area contributed by atoms with Gasteiger partial charge in [-0.1, -0.05) is 0 Å². The molecular formula is C9H12BrN3. The monoisotopic (exact) mass is 241 g/mol. The summed E-state index contributed by atoms with van der Waals surface area (Å²) in [4.78, 5) is 4.01. The fourth-order valence-corrected chi connectivity index (χ4v) is 2.18. The van der Waals surface area contributed by atoms with Gasteiger partial charge in [0.2, 0.25) is 0 Å². The quantitative estimate of drug-likeness (QED) is 0.790. The van der Waals surface area contributed by atoms with E-state index in [1.165, 1.54) is 18.4 Å². The van der Waals surface area contributed by atoms with Crippen molar-refractivity contribution in [3.05, 3.63) is 22.3 Å². The predicted molar refractivity (Wildman–Crippen MR) is 56.3 cm³/mol. The minimum absolute atomic E-state index is 0.444. The number of nitrogen functional groups attached to an aromatic ring is 1. The molecule has 1 atom stereocenters. The molecule has 3 nitrogen and oxygen atoms in total. The van der Waals surface area contributed by atoms with Crippen LogP contribution in [0, 0.1) is 0 Å². The molecule has 3 N–H and O–H groups in total. The zero-order chi connectivity index (χ0) is 9.26. The summed E-state index contributed by atoms with van der Waals surface area (Å²) in [6.07, 6.45) is 4.19. The van der Waals surface area contributed by atoms with Gasteiger partial charge < -0.3 is 11.1 Å². The highest BCUT2D eigenvalue weighted by Gasteiger charge is 2.18. The van der Waals surface area contributed by atoms with Gasteiger partial charge in [0, 0.05) is 16.7 Å². The molecule has 0 spiro atoms. The van der Waals surface area contributed by atoms with Crippen LogP contribution >= 0.6 is 15.9 Å². The Bertz CT molecular complexity index is 308. The molecule has 2 heterocycles. The fourth-order valence-electron chi connectivity index (χ4n) is 1.69. The molecule has 0 aromatic carbocycles. The molecule has 1 aliphatic rings. The van der Waals surface area contributed by atoms with Gasteiger partial charge in [-0.15, -0.1) is 0 Å². The number of anilines is 1. The van der Waals surface area contributed by atoms with Crippen molar-refractivity contribution >= 4 is 21.7 Å². The van der Waals surface area contributed by atoms with Gasteiger partial charge in [-0.2, -0.15) is 0 Å². The highest BCUT2D eigenvalue weighted by molar-refractivity contribution is 9.10. The standard InChI is InChI=1S/C9H12BrN3/c10-7-5-13-9(11)4-6(7)8-2-1-3-12-8/h4-5,8,12H,1-3H2,(H2,11,13). The molecule has 1 aromatic rings. The van der Waals surface area contributed by atoms with Crippen molar-refractivity contribution in [2.75, 3.05) is 12.3 Å². The Labute approximate surface area is 85.9 Å². The molecular weight excluding hydrogens is 230 g/mol. The van der Waals surface area contributed by atoms with Gasteiger partial charge >= 0.3 is 0 Å². The fraction of sp³-hybridized carbons (Fsp3) is 0.444. The average molecular weight is 242 g/mol. The number of aromatic nitrogens is 1. The summed E-state index contributed by atoms with van der Waals surface area (Å²) in [5.74, 6) is 0.590. The van der Waals surface area contributed by atoms with E-state index in [-0.39, 0.29) is 0 Å². The Balaban J connectivity index is 2.32. The number of rotatable bonds is 1. The van der Waals surface area contributed by atoms with Crippen LogP contribution in [0.15, 0.2) is 16.7 Å². The number of nitrogens with zero attached hydrogens (tertiary/aromatic N) is 1. The minimum atomic E-state index is 0.444. The smallest absolute Gasteiger partial charge is 0.123 e. The second kappa shape index (κ2) is 3.64. The van der Waals surface area contributed by atoms with E-state index in [1.54, 1.807) is 6.20 Å². The van der Waals surface area contributed by atoms with Crippen LogP contribution in [0.5, 0.6) is 0 Å². The van der Waals surface area contributed by atoms with Gasteiger partial charge in [0.05, 0.1) is 0 Å². The van der Waals surface area contributed by atoms with Crippen molar-refractivity contribution in [3.8, 4) is 0 Å². The van der Waals surface area contributed by atoms with Crippen LogP contribution in [0.25, 0.3) is 0 Å². The summed E-state index contributed by atoms with van der Waals surface area (Å²) in [6.45, 7) is 1.10. The van der Waals surface area contributed by atoms with Gasteiger partial charge in [-0.3, -0.25) is 0 Å². The molecule has 13 heavy (non-hydrogen) atoms. The van der Waals surface area contributed by atoms with Gasteiger partial charge in [-0.05, 0) is 46.9 Å². The first-order chi connectivity index (χ1) is 6.27. The van der Waals surface area contributed by atoms with Crippen LogP contribution in [0.3, 0.4) is 0 Å². The third-order valence-electron chi connectivity index (χ3n) is 2.34. The summed E-state index contributed by atoms with van der Waals surface area (Å²) in [7, 11) is 0. The van der Waals surface area contributed by atoms with E-state index < -0.39 is 0 Å². The summed E-state index contributed by atoms with van der Waals surface area (Å²) < 4.78 is 1.04. The largest absolute Gasteiger partial charge is 0.384 e. The molecule has 1 aromatic heterocycles. The van der Waals surface area contributed by atoms with Crippen molar-refractivity contribution in [1.82, 2.24) is 10.3 Å². The van der Waals surface area contributed by atoms with Crippen LogP contribution in [-0.2, 0) is 0 Å². The molecule has 0 amide bonds. The Hall–Kier alpha value is -0.610. The first-order valence-corrected chi connectivity index (χ1v) is 5.21. The molecule has 0 aliphatic carbocycles. The zero-order valence-corrected chi connectivity index (χ0v) is 8.84. The maximum atomic E-state index is 5.64. The lowest BCUT2D eigenvalue weighted by molar-refractivity contribution is 0.644. The van der Waals surface area contributed by atoms with Crippen molar-refractivity contribution in [1.29, 1.82) is 0 Å². The van der Waals surface area contributed by atoms with Gasteiger partial charge in [0.15, 0.2) is 0 Å². The Morgan fingerprint density at radius 2 is 2.46 bits per heavy atom. The van der Waals surface area contributed by atoms with Gasteiger partial charge in [0.25, 0.3) is 0 Å². The van der Waals surface area contributed by atoms with Crippen molar-refractivity contribution in [3.63, 3.8) is 0 Å². The summed E-state index contributed by atoms with van der Waals surface area (Å²) in [5.41, 5.74) is 6.86. The maximum absolute atomic E-state index is 5.64.